The molecule has 0 bridgehead atoms. The standard InChI is InChI=1S/C19H19F3N4O2.C18H17F3N4O/c1-11-6-15(17(27)28)24-18(23-11)26-9-12-7-25(8-13(12)10-26)16-5-3-2-4-14(16)19(20,21)22;19-18(20,21)14-3-1-2-4-16(14)24-8-12-10-25(11-13(12)9-24)17(26)15-7-22-5-6-23-15/h2-6,12-13H,7-10H2,1H3,(H,27,28);1-7,12-13H,8-11H2/t2*12-,13+. The largest absolute Gasteiger partial charge is 0.477 e. The summed E-state index contributed by atoms with van der Waals surface area (Å²) in [5.41, 5.74) is 0.0387. The Labute approximate surface area is 306 Å². The van der Waals surface area contributed by atoms with Crippen molar-refractivity contribution in [1.82, 2.24) is 24.8 Å². The van der Waals surface area contributed by atoms with Gasteiger partial charge >= 0.3 is 18.3 Å². The molecule has 4 fully saturated rings. The molecule has 17 heteroatoms. The number of halogens is 6. The van der Waals surface area contributed by atoms with Crippen molar-refractivity contribution in [3.8, 4) is 0 Å². The maximum atomic E-state index is 13.3. The van der Waals surface area contributed by atoms with Crippen molar-refractivity contribution >= 4 is 29.2 Å². The maximum Gasteiger partial charge on any atom is 0.418 e. The van der Waals surface area contributed by atoms with Gasteiger partial charge in [-0.2, -0.15) is 26.3 Å². The van der Waals surface area contributed by atoms with Crippen molar-refractivity contribution in [3.63, 3.8) is 0 Å². The van der Waals surface area contributed by atoms with Crippen LogP contribution in [0.1, 0.15) is 37.8 Å². The van der Waals surface area contributed by atoms with Gasteiger partial charge in [-0.25, -0.2) is 19.7 Å². The molecule has 4 aromatic rings. The molecular weight excluding hydrogens is 718 g/mol. The number of aromatic nitrogens is 4. The van der Waals surface area contributed by atoms with E-state index in [1.165, 1.54) is 48.9 Å². The number of para-hydroxylation sites is 2. The van der Waals surface area contributed by atoms with Crippen molar-refractivity contribution in [1.29, 1.82) is 0 Å². The molecule has 4 saturated heterocycles. The molecule has 11 nitrogen and oxygen atoms in total. The number of carbonyl (C=O) groups excluding carboxylic acids is 1. The van der Waals surface area contributed by atoms with E-state index in [0.717, 1.165) is 12.1 Å². The second kappa shape index (κ2) is 14.4. The van der Waals surface area contributed by atoms with Crippen LogP contribution in [0.25, 0.3) is 0 Å². The van der Waals surface area contributed by atoms with Gasteiger partial charge in [-0.3, -0.25) is 9.78 Å². The van der Waals surface area contributed by atoms with Crippen molar-refractivity contribution in [3.05, 3.63) is 101 Å². The fraction of sp³-hybridized carbons (Fsp3) is 0.405. The molecule has 54 heavy (non-hydrogen) atoms. The fourth-order valence-electron chi connectivity index (χ4n) is 8.06. The Morgan fingerprint density at radius 2 is 1.15 bits per heavy atom. The van der Waals surface area contributed by atoms with E-state index < -0.39 is 29.4 Å². The number of aryl methyl sites for hydroxylation is 1. The van der Waals surface area contributed by atoms with Crippen LogP contribution in [0.15, 0.2) is 73.2 Å². The lowest BCUT2D eigenvalue weighted by molar-refractivity contribution is -0.137. The highest BCUT2D eigenvalue weighted by molar-refractivity contribution is 5.92. The van der Waals surface area contributed by atoms with Crippen molar-refractivity contribution in [2.45, 2.75) is 19.3 Å². The highest BCUT2D eigenvalue weighted by Crippen LogP contribution is 2.42. The Bertz CT molecular complexity index is 1990. The Morgan fingerprint density at radius 3 is 1.61 bits per heavy atom. The Kier molecular flexibility index (Phi) is 9.83. The monoisotopic (exact) mass is 754 g/mol. The molecule has 1 N–H and O–H groups in total. The second-order valence-electron chi connectivity index (χ2n) is 14.1. The first kappa shape index (κ1) is 36.9. The number of likely N-dealkylation sites (tertiary alicyclic amines) is 1. The third kappa shape index (κ3) is 7.61. The molecule has 4 aliphatic heterocycles. The number of hydrogen-bond donors (Lipinski definition) is 1. The maximum absolute atomic E-state index is 13.3. The van der Waals surface area contributed by atoms with E-state index in [1.807, 2.05) is 4.90 Å². The molecule has 6 heterocycles. The van der Waals surface area contributed by atoms with Crippen LogP contribution in [0.4, 0.5) is 43.7 Å². The highest BCUT2D eigenvalue weighted by atomic mass is 19.4. The number of amides is 1. The van der Waals surface area contributed by atoms with Gasteiger partial charge in [0.2, 0.25) is 5.95 Å². The number of carbonyl (C=O) groups is 2. The van der Waals surface area contributed by atoms with Gasteiger partial charge in [0.05, 0.1) is 17.3 Å². The number of carboxylic acid groups (broad SMARTS) is 1. The minimum atomic E-state index is -4.39. The quantitative estimate of drug-likeness (QED) is 0.252. The molecule has 1 amide bonds. The van der Waals surface area contributed by atoms with Gasteiger partial charge in [0.25, 0.3) is 5.91 Å². The minimum Gasteiger partial charge on any atom is -0.477 e. The number of nitrogens with zero attached hydrogens (tertiary/aromatic N) is 8. The van der Waals surface area contributed by atoms with Crippen LogP contribution in [0, 0.1) is 30.6 Å². The van der Waals surface area contributed by atoms with Crippen LogP contribution in [0.2, 0.25) is 0 Å². The Hall–Kier alpha value is -5.48. The summed E-state index contributed by atoms with van der Waals surface area (Å²) in [7, 11) is 0. The zero-order chi connectivity index (χ0) is 38.4. The van der Waals surface area contributed by atoms with E-state index in [1.54, 1.807) is 33.8 Å². The first-order valence-electron chi connectivity index (χ1n) is 17.4. The van der Waals surface area contributed by atoms with E-state index in [2.05, 4.69) is 19.9 Å². The topological polar surface area (TPSA) is 119 Å². The predicted octanol–water partition coefficient (Wildman–Crippen LogP) is 5.78. The number of anilines is 3. The molecular formula is C37H36F6N8O3. The summed E-state index contributed by atoms with van der Waals surface area (Å²) in [6.07, 6.45) is -4.35. The van der Waals surface area contributed by atoms with E-state index in [4.69, 9.17) is 0 Å². The summed E-state index contributed by atoms with van der Waals surface area (Å²) in [5.74, 6) is -0.226. The number of fused-ring (bicyclic) bond motifs is 2. The van der Waals surface area contributed by atoms with E-state index in [0.29, 0.717) is 69.7 Å². The molecule has 4 atom stereocenters. The van der Waals surface area contributed by atoms with Crippen LogP contribution in [-0.4, -0.2) is 94.2 Å². The van der Waals surface area contributed by atoms with Crippen LogP contribution in [0.5, 0.6) is 0 Å². The van der Waals surface area contributed by atoms with Crippen LogP contribution in [-0.2, 0) is 12.4 Å². The third-order valence-electron chi connectivity index (χ3n) is 10.5. The van der Waals surface area contributed by atoms with E-state index >= 15 is 0 Å². The number of rotatable bonds is 5. The highest BCUT2D eigenvalue weighted by Gasteiger charge is 2.45. The second-order valence-corrected chi connectivity index (χ2v) is 14.1. The van der Waals surface area contributed by atoms with Crippen molar-refractivity contribution in [2.24, 2.45) is 23.7 Å². The summed E-state index contributed by atoms with van der Waals surface area (Å²) in [6.45, 7) is 6.04. The van der Waals surface area contributed by atoms with Gasteiger partial charge in [0.15, 0.2) is 5.69 Å². The van der Waals surface area contributed by atoms with Gasteiger partial charge in [-0.05, 0) is 37.3 Å². The summed E-state index contributed by atoms with van der Waals surface area (Å²) in [6, 6.07) is 12.7. The average molecular weight is 755 g/mol. The predicted molar refractivity (Wildman–Crippen MR) is 185 cm³/mol. The first-order chi connectivity index (χ1) is 25.7. The van der Waals surface area contributed by atoms with Crippen molar-refractivity contribution < 1.29 is 41.0 Å². The first-order valence-corrected chi connectivity index (χ1v) is 17.4. The van der Waals surface area contributed by atoms with Gasteiger partial charge in [0.1, 0.15) is 5.69 Å². The lowest BCUT2D eigenvalue weighted by Gasteiger charge is -2.26. The zero-order valence-corrected chi connectivity index (χ0v) is 29.0. The summed E-state index contributed by atoms with van der Waals surface area (Å²) in [4.78, 5) is 47.3. The van der Waals surface area contributed by atoms with Crippen LogP contribution >= 0.6 is 0 Å². The molecule has 0 saturated carbocycles. The smallest absolute Gasteiger partial charge is 0.418 e. The lowest BCUT2D eigenvalue weighted by atomic mass is 10.0. The number of alkyl halides is 6. The molecule has 0 spiro atoms. The molecule has 0 unspecified atom stereocenters. The molecule has 4 aliphatic rings. The van der Waals surface area contributed by atoms with E-state index in [-0.39, 0.29) is 46.6 Å². The SMILES string of the molecule is Cc1cc(C(=O)O)nc(N2C[C@@H]3CN(c4ccccc4C(F)(F)F)C[C@@H]3C2)n1.O=C(c1cnccn1)N1C[C@@H]2CN(c3ccccc3C(F)(F)F)C[C@@H]2C1. The van der Waals surface area contributed by atoms with Gasteiger partial charge in [0, 0.05) is 105 Å². The Balaban J connectivity index is 0.000000167. The normalized spacial score (nSPS) is 22.2. The summed E-state index contributed by atoms with van der Waals surface area (Å²) >= 11 is 0. The van der Waals surface area contributed by atoms with Gasteiger partial charge < -0.3 is 24.7 Å². The molecule has 8 rings (SSSR count). The summed E-state index contributed by atoms with van der Waals surface area (Å²) in [5, 5.41) is 9.18. The van der Waals surface area contributed by atoms with Gasteiger partial charge in [-0.1, -0.05) is 24.3 Å². The number of aromatic carboxylic acids is 1. The molecule has 0 aliphatic carbocycles. The number of hydrogen-bond acceptors (Lipinski definition) is 9. The Morgan fingerprint density at radius 1 is 0.667 bits per heavy atom. The molecule has 284 valence electrons. The van der Waals surface area contributed by atoms with Gasteiger partial charge in [-0.15, -0.1) is 0 Å². The fourth-order valence-corrected chi connectivity index (χ4v) is 8.06. The van der Waals surface area contributed by atoms with E-state index in [9.17, 15) is 41.0 Å². The van der Waals surface area contributed by atoms with Crippen LogP contribution < -0.4 is 14.7 Å². The number of benzene rings is 2. The molecule has 0 radical (unpaired) electrons. The average Bonchev–Trinajstić information content (AvgIpc) is 3.92. The number of carboxylic acids is 1. The zero-order valence-electron chi connectivity index (χ0n) is 29.0. The van der Waals surface area contributed by atoms with Crippen LogP contribution in [0.3, 0.4) is 0 Å². The summed E-state index contributed by atoms with van der Waals surface area (Å²) < 4.78 is 79.7. The minimum absolute atomic E-state index is 0.0553. The lowest BCUT2D eigenvalue weighted by Crippen LogP contribution is -2.34. The molecule has 2 aromatic carbocycles. The third-order valence-corrected chi connectivity index (χ3v) is 10.5. The van der Waals surface area contributed by atoms with Crippen molar-refractivity contribution in [2.75, 3.05) is 67.1 Å². The molecule has 2 aromatic heterocycles.